The van der Waals surface area contributed by atoms with Crippen molar-refractivity contribution < 1.29 is 13.2 Å². The number of hydrogen-bond donors (Lipinski definition) is 1. The maximum atomic E-state index is 12.9. The van der Waals surface area contributed by atoms with Crippen LogP contribution < -0.4 is 10.9 Å². The lowest BCUT2D eigenvalue weighted by molar-refractivity contribution is -0.116. The van der Waals surface area contributed by atoms with Crippen LogP contribution in [0.15, 0.2) is 88.8 Å². The Morgan fingerprint density at radius 3 is 2.47 bits per heavy atom. The highest BCUT2D eigenvalue weighted by atomic mass is 35.5. The third-order valence-electron chi connectivity index (χ3n) is 5.20. The Labute approximate surface area is 201 Å². The summed E-state index contributed by atoms with van der Waals surface area (Å²) in [5.74, 6) is -0.450. The summed E-state index contributed by atoms with van der Waals surface area (Å²) in [6, 6.07) is 19.9. The molecule has 3 aromatic carbocycles. The first kappa shape index (κ1) is 23.6. The molecule has 0 atom stereocenters. The number of anilines is 1. The second-order valence-corrected chi connectivity index (χ2v) is 10.1. The Hall–Kier alpha value is -3.53. The van der Waals surface area contributed by atoms with E-state index in [2.05, 4.69) is 10.3 Å². The van der Waals surface area contributed by atoms with Crippen LogP contribution in [0.25, 0.3) is 10.9 Å². The first-order chi connectivity index (χ1) is 16.2. The van der Waals surface area contributed by atoms with Gasteiger partial charge in [-0.3, -0.25) is 14.2 Å². The molecule has 0 saturated heterocycles. The van der Waals surface area contributed by atoms with Gasteiger partial charge in [-0.1, -0.05) is 41.9 Å². The SMILES string of the molecule is CN(Cc1ccccc1)S(=O)(=O)c1ccc(NC(=O)Cn2cnc3cc(Cl)ccc3c2=O)cc1. The Bertz CT molecular complexity index is 1500. The highest BCUT2D eigenvalue weighted by molar-refractivity contribution is 7.89. The first-order valence-electron chi connectivity index (χ1n) is 10.3. The Morgan fingerprint density at radius 1 is 1.06 bits per heavy atom. The fourth-order valence-electron chi connectivity index (χ4n) is 3.42. The van der Waals surface area contributed by atoms with Gasteiger partial charge in [-0.15, -0.1) is 0 Å². The zero-order valence-electron chi connectivity index (χ0n) is 18.2. The molecule has 0 bridgehead atoms. The standard InChI is InChI=1S/C24H21ClN4O4S/c1-28(14-17-5-3-2-4-6-17)34(32,33)20-10-8-19(9-11-20)27-23(30)15-29-16-26-22-13-18(25)7-12-21(22)24(29)31/h2-13,16H,14-15H2,1H3,(H,27,30). The number of nitrogens with one attached hydrogen (secondary N) is 1. The number of carbonyl (C=O) groups is 1. The van der Waals surface area contributed by atoms with E-state index >= 15 is 0 Å². The molecule has 1 amide bonds. The minimum Gasteiger partial charge on any atom is -0.325 e. The fourth-order valence-corrected chi connectivity index (χ4v) is 4.74. The molecule has 174 valence electrons. The molecule has 4 rings (SSSR count). The normalized spacial score (nSPS) is 11.6. The van der Waals surface area contributed by atoms with Crippen molar-refractivity contribution in [2.45, 2.75) is 18.0 Å². The number of amides is 1. The van der Waals surface area contributed by atoms with E-state index in [1.807, 2.05) is 30.3 Å². The molecule has 0 radical (unpaired) electrons. The Morgan fingerprint density at radius 2 is 1.76 bits per heavy atom. The zero-order chi connectivity index (χ0) is 24.3. The van der Waals surface area contributed by atoms with Crippen molar-refractivity contribution in [1.82, 2.24) is 13.9 Å². The first-order valence-corrected chi connectivity index (χ1v) is 12.1. The maximum Gasteiger partial charge on any atom is 0.261 e. The van der Waals surface area contributed by atoms with Gasteiger partial charge in [-0.25, -0.2) is 13.4 Å². The molecule has 0 saturated carbocycles. The van der Waals surface area contributed by atoms with Crippen LogP contribution in [0.2, 0.25) is 5.02 Å². The number of nitrogens with zero attached hydrogens (tertiary/aromatic N) is 3. The summed E-state index contributed by atoms with van der Waals surface area (Å²) in [5.41, 5.74) is 1.37. The molecule has 0 spiro atoms. The van der Waals surface area contributed by atoms with E-state index in [-0.39, 0.29) is 23.5 Å². The van der Waals surface area contributed by atoms with Crippen LogP contribution in [0.5, 0.6) is 0 Å². The van der Waals surface area contributed by atoms with Crippen molar-refractivity contribution in [2.24, 2.45) is 0 Å². The average Bonchev–Trinajstić information content (AvgIpc) is 2.82. The monoisotopic (exact) mass is 496 g/mol. The summed E-state index contributed by atoms with van der Waals surface area (Å²) in [6.07, 6.45) is 1.29. The molecule has 0 aliphatic carbocycles. The van der Waals surface area contributed by atoms with Gasteiger partial charge in [-0.05, 0) is 48.0 Å². The van der Waals surface area contributed by atoms with Crippen molar-refractivity contribution in [1.29, 1.82) is 0 Å². The molecule has 0 unspecified atom stereocenters. The average molecular weight is 497 g/mol. The minimum absolute atomic E-state index is 0.109. The second-order valence-electron chi connectivity index (χ2n) is 7.66. The van der Waals surface area contributed by atoms with E-state index in [0.717, 1.165) is 5.56 Å². The maximum absolute atomic E-state index is 12.9. The summed E-state index contributed by atoms with van der Waals surface area (Å²) >= 11 is 5.92. The summed E-state index contributed by atoms with van der Waals surface area (Å²) in [4.78, 5) is 29.4. The molecule has 1 aromatic heterocycles. The lowest BCUT2D eigenvalue weighted by Gasteiger charge is -2.17. The smallest absolute Gasteiger partial charge is 0.261 e. The van der Waals surface area contributed by atoms with Gasteiger partial charge in [0, 0.05) is 24.3 Å². The number of fused-ring (bicyclic) bond motifs is 1. The summed E-state index contributed by atoms with van der Waals surface area (Å²) in [7, 11) is -2.19. The van der Waals surface area contributed by atoms with Crippen LogP contribution in [0.4, 0.5) is 5.69 Å². The summed E-state index contributed by atoms with van der Waals surface area (Å²) in [6.45, 7) is -0.00727. The van der Waals surface area contributed by atoms with Crippen LogP contribution in [0.3, 0.4) is 0 Å². The molecule has 10 heteroatoms. The molecular formula is C24H21ClN4O4S. The van der Waals surface area contributed by atoms with E-state index in [1.54, 1.807) is 18.2 Å². The van der Waals surface area contributed by atoms with Gasteiger partial charge >= 0.3 is 0 Å². The van der Waals surface area contributed by atoms with E-state index in [0.29, 0.717) is 21.6 Å². The van der Waals surface area contributed by atoms with E-state index in [9.17, 15) is 18.0 Å². The number of aromatic nitrogens is 2. The predicted molar refractivity (Wildman–Crippen MR) is 131 cm³/mol. The van der Waals surface area contributed by atoms with Gasteiger partial charge in [0.15, 0.2) is 0 Å². The van der Waals surface area contributed by atoms with Crippen molar-refractivity contribution in [2.75, 3.05) is 12.4 Å². The van der Waals surface area contributed by atoms with E-state index in [1.165, 1.54) is 46.5 Å². The number of halogens is 1. The number of rotatable bonds is 7. The van der Waals surface area contributed by atoms with Crippen LogP contribution >= 0.6 is 11.6 Å². The summed E-state index contributed by atoms with van der Waals surface area (Å²) in [5, 5.41) is 3.49. The lowest BCUT2D eigenvalue weighted by atomic mass is 10.2. The molecule has 1 heterocycles. The van der Waals surface area contributed by atoms with Crippen molar-refractivity contribution in [3.05, 3.63) is 100 Å². The quantitative estimate of drug-likeness (QED) is 0.422. The highest BCUT2D eigenvalue weighted by Crippen LogP contribution is 2.19. The minimum atomic E-state index is -3.70. The van der Waals surface area contributed by atoms with Crippen molar-refractivity contribution in [3.63, 3.8) is 0 Å². The topological polar surface area (TPSA) is 101 Å². The van der Waals surface area contributed by atoms with Crippen LogP contribution in [-0.4, -0.2) is 35.2 Å². The summed E-state index contributed by atoms with van der Waals surface area (Å²) < 4.78 is 28.2. The third-order valence-corrected chi connectivity index (χ3v) is 7.25. The van der Waals surface area contributed by atoms with Gasteiger partial charge in [0.05, 0.1) is 22.1 Å². The molecule has 1 N–H and O–H groups in total. The predicted octanol–water partition coefficient (Wildman–Crippen LogP) is 3.51. The number of hydrogen-bond acceptors (Lipinski definition) is 5. The molecular weight excluding hydrogens is 476 g/mol. The number of sulfonamides is 1. The molecule has 4 aromatic rings. The van der Waals surface area contributed by atoms with Crippen molar-refractivity contribution >= 4 is 44.1 Å². The van der Waals surface area contributed by atoms with Crippen molar-refractivity contribution in [3.8, 4) is 0 Å². The molecule has 8 nitrogen and oxygen atoms in total. The lowest BCUT2D eigenvalue weighted by Crippen LogP contribution is -2.28. The van der Waals surface area contributed by atoms with Gasteiger partial charge in [0.1, 0.15) is 6.54 Å². The fraction of sp³-hybridized carbons (Fsp3) is 0.125. The van der Waals surface area contributed by atoms with E-state index < -0.39 is 15.9 Å². The van der Waals surface area contributed by atoms with Gasteiger partial charge in [0.25, 0.3) is 5.56 Å². The highest BCUT2D eigenvalue weighted by Gasteiger charge is 2.21. The number of benzene rings is 3. The Balaban J connectivity index is 1.44. The van der Waals surface area contributed by atoms with Crippen LogP contribution in [-0.2, 0) is 27.9 Å². The largest absolute Gasteiger partial charge is 0.325 e. The molecule has 0 aliphatic heterocycles. The van der Waals surface area contributed by atoms with Gasteiger partial charge in [0.2, 0.25) is 15.9 Å². The van der Waals surface area contributed by atoms with Gasteiger partial charge < -0.3 is 5.32 Å². The zero-order valence-corrected chi connectivity index (χ0v) is 19.8. The number of carbonyl (C=O) groups excluding carboxylic acids is 1. The van der Waals surface area contributed by atoms with Crippen LogP contribution in [0.1, 0.15) is 5.56 Å². The molecule has 34 heavy (non-hydrogen) atoms. The molecule has 0 aliphatic rings. The molecule has 0 fully saturated rings. The van der Waals surface area contributed by atoms with Gasteiger partial charge in [-0.2, -0.15) is 4.31 Å². The Kier molecular flexibility index (Phi) is 6.78. The second kappa shape index (κ2) is 9.76. The van der Waals surface area contributed by atoms with E-state index in [4.69, 9.17) is 11.6 Å². The van der Waals surface area contributed by atoms with Crippen LogP contribution in [0, 0.1) is 0 Å². The third kappa shape index (κ3) is 5.17.